The quantitative estimate of drug-likeness (QED) is 0.674. The van der Waals surface area contributed by atoms with Crippen LogP contribution in [0.25, 0.3) is 10.9 Å². The fourth-order valence-corrected chi connectivity index (χ4v) is 3.69. The predicted molar refractivity (Wildman–Crippen MR) is 111 cm³/mol. The standard InChI is InChI=1S/C23H21N3O3/c1-14(2)13-19(26-22(28)16-9-3-4-10-17(16)23(26)29)21(27)25-18-11-5-7-15-8-6-12-24-20(15)18/h3-12,14,19H,13H2,1-2H3,(H,25,27)/t19-/m1/s1. The molecule has 0 aliphatic carbocycles. The van der Waals surface area contributed by atoms with E-state index in [9.17, 15) is 14.4 Å². The number of hydrogen-bond acceptors (Lipinski definition) is 4. The highest BCUT2D eigenvalue weighted by Crippen LogP contribution is 2.28. The molecule has 4 rings (SSSR count). The zero-order valence-electron chi connectivity index (χ0n) is 16.3. The molecule has 1 aliphatic rings. The second-order valence-electron chi connectivity index (χ2n) is 7.54. The normalized spacial score (nSPS) is 14.4. The van der Waals surface area contributed by atoms with Gasteiger partial charge in [-0.25, -0.2) is 0 Å². The van der Waals surface area contributed by atoms with E-state index in [0.29, 0.717) is 28.8 Å². The van der Waals surface area contributed by atoms with Crippen LogP contribution >= 0.6 is 0 Å². The lowest BCUT2D eigenvalue weighted by atomic mass is 10.0. The maximum absolute atomic E-state index is 13.2. The van der Waals surface area contributed by atoms with Crippen molar-refractivity contribution < 1.29 is 14.4 Å². The van der Waals surface area contributed by atoms with Crippen molar-refractivity contribution in [3.8, 4) is 0 Å². The molecule has 0 saturated carbocycles. The maximum atomic E-state index is 13.2. The van der Waals surface area contributed by atoms with Gasteiger partial charge in [0.05, 0.1) is 22.3 Å². The minimum Gasteiger partial charge on any atom is -0.322 e. The number of carbonyl (C=O) groups is 3. The number of hydrogen-bond donors (Lipinski definition) is 1. The van der Waals surface area contributed by atoms with Crippen LogP contribution in [0.2, 0.25) is 0 Å². The summed E-state index contributed by atoms with van der Waals surface area (Å²) in [5.74, 6) is -1.14. The smallest absolute Gasteiger partial charge is 0.262 e. The van der Waals surface area contributed by atoms with Crippen LogP contribution in [-0.4, -0.2) is 33.6 Å². The molecular formula is C23H21N3O3. The number of anilines is 1. The minimum absolute atomic E-state index is 0.112. The van der Waals surface area contributed by atoms with E-state index < -0.39 is 23.8 Å². The van der Waals surface area contributed by atoms with Crippen molar-refractivity contribution in [1.82, 2.24) is 9.88 Å². The van der Waals surface area contributed by atoms with Gasteiger partial charge in [0.25, 0.3) is 11.8 Å². The van der Waals surface area contributed by atoms with Crippen LogP contribution in [0.4, 0.5) is 5.69 Å². The van der Waals surface area contributed by atoms with E-state index >= 15 is 0 Å². The molecule has 29 heavy (non-hydrogen) atoms. The Morgan fingerprint density at radius 3 is 2.28 bits per heavy atom. The van der Waals surface area contributed by atoms with Gasteiger partial charge in [-0.15, -0.1) is 0 Å². The maximum Gasteiger partial charge on any atom is 0.262 e. The van der Waals surface area contributed by atoms with E-state index in [2.05, 4.69) is 10.3 Å². The number of imide groups is 1. The van der Waals surface area contributed by atoms with Crippen LogP contribution in [0.15, 0.2) is 60.8 Å². The lowest BCUT2D eigenvalue weighted by Crippen LogP contribution is -2.48. The van der Waals surface area contributed by atoms with Crippen LogP contribution in [0.5, 0.6) is 0 Å². The number of aromatic nitrogens is 1. The minimum atomic E-state index is -0.902. The number of pyridine rings is 1. The molecule has 1 aliphatic heterocycles. The molecular weight excluding hydrogens is 366 g/mol. The number of rotatable bonds is 5. The van der Waals surface area contributed by atoms with E-state index in [4.69, 9.17) is 0 Å². The molecule has 0 unspecified atom stereocenters. The lowest BCUT2D eigenvalue weighted by Gasteiger charge is -2.27. The Bertz CT molecular complexity index is 1080. The summed E-state index contributed by atoms with van der Waals surface area (Å²) in [6.45, 7) is 3.91. The fourth-order valence-electron chi connectivity index (χ4n) is 3.69. The molecule has 0 fully saturated rings. The molecule has 146 valence electrons. The molecule has 1 atom stereocenters. The molecule has 0 bridgehead atoms. The number of carbonyl (C=O) groups excluding carboxylic acids is 3. The highest BCUT2D eigenvalue weighted by molar-refractivity contribution is 6.23. The first-order valence-electron chi connectivity index (χ1n) is 9.59. The number of fused-ring (bicyclic) bond motifs is 2. The van der Waals surface area contributed by atoms with Gasteiger partial charge in [-0.2, -0.15) is 0 Å². The van der Waals surface area contributed by atoms with Gasteiger partial charge in [-0.3, -0.25) is 24.3 Å². The number of benzene rings is 2. The van der Waals surface area contributed by atoms with Crippen LogP contribution in [0, 0.1) is 5.92 Å². The third kappa shape index (κ3) is 3.38. The Hall–Kier alpha value is -3.54. The molecule has 0 radical (unpaired) electrons. The number of nitrogens with one attached hydrogen (secondary N) is 1. The summed E-state index contributed by atoms with van der Waals surface area (Å²) in [7, 11) is 0. The average Bonchev–Trinajstić information content (AvgIpc) is 2.97. The Morgan fingerprint density at radius 2 is 1.62 bits per heavy atom. The molecule has 1 aromatic heterocycles. The van der Waals surface area contributed by atoms with Crippen molar-refractivity contribution in [1.29, 1.82) is 0 Å². The van der Waals surface area contributed by atoms with Gasteiger partial charge in [-0.1, -0.05) is 44.2 Å². The Balaban J connectivity index is 1.68. The molecule has 6 heteroatoms. The van der Waals surface area contributed by atoms with Crippen molar-refractivity contribution in [2.75, 3.05) is 5.32 Å². The summed E-state index contributed by atoms with van der Waals surface area (Å²) in [4.78, 5) is 44.5. The van der Waals surface area contributed by atoms with E-state index in [0.717, 1.165) is 10.3 Å². The van der Waals surface area contributed by atoms with Crippen LogP contribution < -0.4 is 5.32 Å². The van der Waals surface area contributed by atoms with Gasteiger partial charge in [0.2, 0.25) is 5.91 Å². The largest absolute Gasteiger partial charge is 0.322 e. The molecule has 2 heterocycles. The van der Waals surface area contributed by atoms with Crippen molar-refractivity contribution in [2.24, 2.45) is 5.92 Å². The second kappa shape index (κ2) is 7.47. The van der Waals surface area contributed by atoms with Gasteiger partial charge in [-0.05, 0) is 36.6 Å². The van der Waals surface area contributed by atoms with Crippen molar-refractivity contribution in [2.45, 2.75) is 26.3 Å². The van der Waals surface area contributed by atoms with E-state index in [1.54, 1.807) is 36.5 Å². The summed E-state index contributed by atoms with van der Waals surface area (Å²) in [6.07, 6.45) is 2.03. The third-order valence-electron chi connectivity index (χ3n) is 5.03. The Kier molecular flexibility index (Phi) is 4.84. The van der Waals surface area contributed by atoms with Gasteiger partial charge >= 0.3 is 0 Å². The second-order valence-corrected chi connectivity index (χ2v) is 7.54. The van der Waals surface area contributed by atoms with Gasteiger partial charge in [0, 0.05) is 11.6 Å². The lowest BCUT2D eigenvalue weighted by molar-refractivity contribution is -0.120. The molecule has 2 aromatic carbocycles. The number of nitrogens with zero attached hydrogens (tertiary/aromatic N) is 2. The van der Waals surface area contributed by atoms with Crippen molar-refractivity contribution in [3.63, 3.8) is 0 Å². The van der Waals surface area contributed by atoms with Crippen LogP contribution in [0.1, 0.15) is 41.0 Å². The monoisotopic (exact) mass is 387 g/mol. The molecule has 3 amide bonds. The average molecular weight is 387 g/mol. The first-order chi connectivity index (χ1) is 14.0. The summed E-state index contributed by atoms with van der Waals surface area (Å²) in [6, 6.07) is 15.0. The number of amides is 3. The molecule has 6 nitrogen and oxygen atoms in total. The molecule has 1 N–H and O–H groups in total. The first-order valence-corrected chi connectivity index (χ1v) is 9.59. The molecule has 3 aromatic rings. The SMILES string of the molecule is CC(C)C[C@H](C(=O)Nc1cccc2cccnc12)N1C(=O)c2ccccc2C1=O. The summed E-state index contributed by atoms with van der Waals surface area (Å²) < 4.78 is 0. The summed E-state index contributed by atoms with van der Waals surface area (Å²) >= 11 is 0. The number of para-hydroxylation sites is 1. The summed E-state index contributed by atoms with van der Waals surface area (Å²) in [5.41, 5.74) is 1.89. The fraction of sp³-hybridized carbons (Fsp3) is 0.217. The zero-order chi connectivity index (χ0) is 20.5. The zero-order valence-corrected chi connectivity index (χ0v) is 16.3. The predicted octanol–water partition coefficient (Wildman–Crippen LogP) is 3.88. The van der Waals surface area contributed by atoms with Crippen molar-refractivity contribution >= 4 is 34.3 Å². The van der Waals surface area contributed by atoms with Gasteiger partial charge < -0.3 is 5.32 Å². The highest BCUT2D eigenvalue weighted by atomic mass is 16.2. The first kappa shape index (κ1) is 18.8. The van der Waals surface area contributed by atoms with Crippen LogP contribution in [0.3, 0.4) is 0 Å². The molecule has 0 saturated heterocycles. The van der Waals surface area contributed by atoms with Gasteiger partial charge in [0.1, 0.15) is 6.04 Å². The highest BCUT2D eigenvalue weighted by Gasteiger charge is 2.42. The third-order valence-corrected chi connectivity index (χ3v) is 5.03. The van der Waals surface area contributed by atoms with Crippen molar-refractivity contribution in [3.05, 3.63) is 71.9 Å². The summed E-state index contributed by atoms with van der Waals surface area (Å²) in [5, 5.41) is 3.78. The van der Waals surface area contributed by atoms with E-state index in [-0.39, 0.29) is 5.92 Å². The van der Waals surface area contributed by atoms with Gasteiger partial charge in [0.15, 0.2) is 0 Å². The molecule has 0 spiro atoms. The topological polar surface area (TPSA) is 79.4 Å². The van der Waals surface area contributed by atoms with Crippen LogP contribution in [-0.2, 0) is 4.79 Å². The van der Waals surface area contributed by atoms with E-state index in [1.165, 1.54) is 0 Å². The Labute approximate surface area is 168 Å². The Morgan fingerprint density at radius 1 is 0.966 bits per heavy atom. The van der Waals surface area contributed by atoms with E-state index in [1.807, 2.05) is 38.1 Å².